The Kier molecular flexibility index (Phi) is 2.54. The van der Waals surface area contributed by atoms with Crippen LogP contribution in [-0.2, 0) is 20.0 Å². The number of nitrogens with one attached hydrogen (secondary N) is 1. The predicted octanol–water partition coefficient (Wildman–Crippen LogP) is -1.80. The summed E-state index contributed by atoms with van der Waals surface area (Å²) < 4.78 is 41.5. The van der Waals surface area contributed by atoms with Crippen LogP contribution < -0.4 is 4.13 Å². The van der Waals surface area contributed by atoms with Gasteiger partial charge in [-0.05, 0) is 0 Å². The summed E-state index contributed by atoms with van der Waals surface area (Å²) in [5.41, 5.74) is 0. The summed E-state index contributed by atoms with van der Waals surface area (Å²) in [7, 11) is -9.09. The van der Waals surface area contributed by atoms with Crippen LogP contribution in [0, 0.1) is 21.3 Å². The molecule has 0 bridgehead atoms. The van der Waals surface area contributed by atoms with Crippen LogP contribution in [0.25, 0.3) is 0 Å². The van der Waals surface area contributed by atoms with Gasteiger partial charge >= 0.3 is 20.0 Å². The summed E-state index contributed by atoms with van der Waals surface area (Å²) >= 11 is 0. The lowest BCUT2D eigenvalue weighted by Crippen LogP contribution is -2.27. The second-order valence-electron chi connectivity index (χ2n) is 1.27. The largest absolute Gasteiger partial charge is 0.319 e. The first kappa shape index (κ1) is 9.84. The Morgan fingerprint density at radius 2 is 1.18 bits per heavy atom. The Hall–Kier alpha value is -1.16. The van der Waals surface area contributed by atoms with E-state index < -0.39 is 20.0 Å². The second-order valence-corrected chi connectivity index (χ2v) is 4.32. The summed E-state index contributed by atoms with van der Waals surface area (Å²) in [6, 6.07) is 0. The molecule has 0 aliphatic heterocycles. The normalized spacial score (nSPS) is 11.5. The first-order valence-electron chi connectivity index (χ1n) is 1.93. The van der Waals surface area contributed by atoms with E-state index in [9.17, 15) is 16.8 Å². The average molecular weight is 195 g/mol. The van der Waals surface area contributed by atoms with Crippen LogP contribution in [0.2, 0.25) is 0 Å². The van der Waals surface area contributed by atoms with E-state index in [-0.39, 0.29) is 0 Å². The van der Waals surface area contributed by atoms with Crippen molar-refractivity contribution in [3.63, 3.8) is 0 Å². The molecule has 0 amide bonds. The maximum Gasteiger partial charge on any atom is 0.319 e. The zero-order valence-corrected chi connectivity index (χ0v) is 6.48. The molecule has 9 heteroatoms. The molecule has 0 fully saturated rings. The molecular weight excluding hydrogens is 194 g/mol. The minimum Gasteiger partial charge on any atom is -0.195 e. The summed E-state index contributed by atoms with van der Waals surface area (Å²) in [6.45, 7) is 0. The van der Waals surface area contributed by atoms with Crippen molar-refractivity contribution in [2.24, 2.45) is 0 Å². The fraction of sp³-hybridized carbons (Fsp3) is 0. The molecule has 0 rings (SSSR count). The molecule has 0 spiro atoms. The number of nitriles is 2. The maximum atomic E-state index is 10.2. The molecule has 0 aliphatic carbocycles. The van der Waals surface area contributed by atoms with Gasteiger partial charge in [-0.15, -0.1) is 0 Å². The smallest absolute Gasteiger partial charge is 0.195 e. The molecular formula is C2HN3O4S2. The molecule has 0 radical (unpaired) electrons. The zero-order chi connectivity index (χ0) is 9.12. The summed E-state index contributed by atoms with van der Waals surface area (Å²) in [5, 5.41) is 16.9. The standard InChI is InChI=1S/C2HN3O4S2/c3-1-10(6,7)5-11(8,9)2-4/h5H. The number of hydrogen-bond acceptors (Lipinski definition) is 6. The summed E-state index contributed by atoms with van der Waals surface area (Å²) in [5.74, 6) is 0. The average Bonchev–Trinajstić information content (AvgIpc) is 1.86. The lowest BCUT2D eigenvalue weighted by Gasteiger charge is -1.89. The van der Waals surface area contributed by atoms with Crippen molar-refractivity contribution in [3.05, 3.63) is 0 Å². The van der Waals surface area contributed by atoms with Crippen molar-refractivity contribution < 1.29 is 16.8 Å². The van der Waals surface area contributed by atoms with Crippen LogP contribution in [0.4, 0.5) is 0 Å². The second kappa shape index (κ2) is 2.84. The first-order chi connectivity index (χ1) is 4.83. The number of rotatable bonds is 2. The Balaban J connectivity index is 4.91. The number of thiocyanates is 2. The highest BCUT2D eigenvalue weighted by Gasteiger charge is 2.18. The number of hydrogen-bond donors (Lipinski definition) is 1. The molecule has 7 nitrogen and oxygen atoms in total. The van der Waals surface area contributed by atoms with Crippen LogP contribution in [0.3, 0.4) is 0 Å². The quantitative estimate of drug-likeness (QED) is 0.408. The highest BCUT2D eigenvalue weighted by molar-refractivity contribution is 8.08. The topological polar surface area (TPSA) is 128 Å². The van der Waals surface area contributed by atoms with Gasteiger partial charge in [0, 0.05) is 0 Å². The highest BCUT2D eigenvalue weighted by atomic mass is 32.3. The third-order valence-electron chi connectivity index (χ3n) is 0.460. The molecule has 0 unspecified atom stereocenters. The molecule has 0 atom stereocenters. The van der Waals surface area contributed by atoms with Crippen LogP contribution >= 0.6 is 0 Å². The molecule has 60 valence electrons. The van der Waals surface area contributed by atoms with E-state index in [1.54, 1.807) is 0 Å². The lowest BCUT2D eigenvalue weighted by molar-refractivity contribution is 0.588. The number of nitrogens with zero attached hydrogens (tertiary/aromatic N) is 2. The van der Waals surface area contributed by atoms with Crippen molar-refractivity contribution in [1.29, 1.82) is 10.5 Å². The molecule has 0 aromatic carbocycles. The van der Waals surface area contributed by atoms with Crippen LogP contribution in [-0.4, -0.2) is 16.8 Å². The van der Waals surface area contributed by atoms with Crippen LogP contribution in [0.5, 0.6) is 0 Å². The Morgan fingerprint density at radius 3 is 1.36 bits per heavy atom. The van der Waals surface area contributed by atoms with Crippen molar-refractivity contribution in [2.75, 3.05) is 0 Å². The Labute approximate surface area is 63.0 Å². The molecule has 0 aromatic rings. The fourth-order valence-electron chi connectivity index (χ4n) is 0.182. The molecule has 0 aliphatic rings. The molecule has 1 N–H and O–H groups in total. The Bertz CT molecular complexity index is 375. The van der Waals surface area contributed by atoms with Gasteiger partial charge < -0.3 is 0 Å². The molecule has 11 heavy (non-hydrogen) atoms. The zero-order valence-electron chi connectivity index (χ0n) is 4.84. The van der Waals surface area contributed by atoms with E-state index in [0.717, 1.165) is 4.13 Å². The van der Waals surface area contributed by atoms with Crippen molar-refractivity contribution in [1.82, 2.24) is 4.13 Å². The van der Waals surface area contributed by atoms with E-state index >= 15 is 0 Å². The third-order valence-corrected chi connectivity index (χ3v) is 2.70. The van der Waals surface area contributed by atoms with Crippen LogP contribution in [0.15, 0.2) is 0 Å². The van der Waals surface area contributed by atoms with E-state index in [1.165, 1.54) is 0 Å². The van der Waals surface area contributed by atoms with Crippen LogP contribution in [0.1, 0.15) is 0 Å². The van der Waals surface area contributed by atoms with Gasteiger partial charge in [-0.1, -0.05) is 4.13 Å². The monoisotopic (exact) mass is 195 g/mol. The predicted molar refractivity (Wildman–Crippen MR) is 32.2 cm³/mol. The van der Waals surface area contributed by atoms with Gasteiger partial charge in [0.05, 0.1) is 0 Å². The minimum atomic E-state index is -4.54. The third kappa shape index (κ3) is 3.52. The SMILES string of the molecule is N#CS(=O)(=O)NS(=O)(=O)C#N. The minimum absolute atomic E-state index is 0.663. The van der Waals surface area contributed by atoms with Gasteiger partial charge in [0.2, 0.25) is 10.8 Å². The molecule has 0 aromatic heterocycles. The van der Waals surface area contributed by atoms with Crippen molar-refractivity contribution in [3.8, 4) is 10.8 Å². The van der Waals surface area contributed by atoms with E-state index in [4.69, 9.17) is 10.5 Å². The van der Waals surface area contributed by atoms with Gasteiger partial charge in [-0.3, -0.25) is 0 Å². The fourth-order valence-corrected chi connectivity index (χ4v) is 1.64. The highest BCUT2D eigenvalue weighted by Crippen LogP contribution is 1.85. The van der Waals surface area contributed by atoms with Crippen molar-refractivity contribution in [2.45, 2.75) is 0 Å². The first-order valence-corrected chi connectivity index (χ1v) is 4.90. The van der Waals surface area contributed by atoms with Gasteiger partial charge in [-0.25, -0.2) is 0 Å². The van der Waals surface area contributed by atoms with Gasteiger partial charge in [0.25, 0.3) is 0 Å². The number of sulfonamides is 2. The van der Waals surface area contributed by atoms with E-state index in [1.807, 2.05) is 0 Å². The van der Waals surface area contributed by atoms with Gasteiger partial charge in [-0.2, -0.15) is 27.4 Å². The Morgan fingerprint density at radius 1 is 0.909 bits per heavy atom. The molecule has 0 heterocycles. The molecule has 0 saturated heterocycles. The molecule has 0 saturated carbocycles. The van der Waals surface area contributed by atoms with Gasteiger partial charge in [0.1, 0.15) is 0 Å². The lowest BCUT2D eigenvalue weighted by atomic mass is 11.8. The summed E-state index contributed by atoms with van der Waals surface area (Å²) in [4.78, 5) is 0. The summed E-state index contributed by atoms with van der Waals surface area (Å²) in [6.07, 6.45) is 0. The van der Waals surface area contributed by atoms with Crippen molar-refractivity contribution >= 4 is 20.0 Å². The van der Waals surface area contributed by atoms with Gasteiger partial charge in [0.15, 0.2) is 0 Å². The van der Waals surface area contributed by atoms with E-state index in [0.29, 0.717) is 10.8 Å². The van der Waals surface area contributed by atoms with E-state index in [2.05, 4.69) is 0 Å². The maximum absolute atomic E-state index is 10.2.